The van der Waals surface area contributed by atoms with Crippen molar-refractivity contribution in [2.75, 3.05) is 20.1 Å². The lowest BCUT2D eigenvalue weighted by molar-refractivity contribution is 0.0802. The molecule has 122 valence electrons. The molecule has 0 heterocycles. The molecule has 1 aliphatic carbocycles. The van der Waals surface area contributed by atoms with E-state index in [1.54, 1.807) is 36.2 Å². The van der Waals surface area contributed by atoms with E-state index in [0.29, 0.717) is 30.1 Å². The molecule has 0 aliphatic heterocycles. The van der Waals surface area contributed by atoms with Crippen LogP contribution in [0, 0.1) is 5.92 Å². The molecule has 1 aliphatic rings. The van der Waals surface area contributed by atoms with E-state index in [4.69, 9.17) is 5.73 Å². The lowest BCUT2D eigenvalue weighted by Gasteiger charge is -2.17. The van der Waals surface area contributed by atoms with Crippen molar-refractivity contribution in [1.82, 2.24) is 10.2 Å². The van der Waals surface area contributed by atoms with Gasteiger partial charge < -0.3 is 16.0 Å². The van der Waals surface area contributed by atoms with Crippen LogP contribution in [0.3, 0.4) is 0 Å². The highest BCUT2D eigenvalue weighted by atomic mass is 35.5. The first-order chi connectivity index (χ1) is 10.1. The van der Waals surface area contributed by atoms with E-state index in [-0.39, 0.29) is 30.3 Å². The monoisotopic (exact) mass is 325 g/mol. The van der Waals surface area contributed by atoms with Gasteiger partial charge in [0.05, 0.1) is 0 Å². The molecule has 2 rings (SSSR count). The van der Waals surface area contributed by atoms with Crippen molar-refractivity contribution in [2.24, 2.45) is 11.7 Å². The number of carbonyl (C=O) groups is 2. The lowest BCUT2D eigenvalue weighted by atomic mass is 10.1. The maximum atomic E-state index is 12.3. The molecule has 0 saturated heterocycles. The molecule has 1 unspecified atom stereocenters. The number of nitrogens with zero attached hydrogens (tertiary/aromatic N) is 1. The van der Waals surface area contributed by atoms with E-state index >= 15 is 0 Å². The molecule has 3 N–H and O–H groups in total. The molecule has 0 bridgehead atoms. The summed E-state index contributed by atoms with van der Waals surface area (Å²) in [4.78, 5) is 26.0. The van der Waals surface area contributed by atoms with Gasteiger partial charge in [-0.05, 0) is 43.9 Å². The van der Waals surface area contributed by atoms with Gasteiger partial charge in [0.25, 0.3) is 11.8 Å². The first-order valence-corrected chi connectivity index (χ1v) is 7.43. The zero-order chi connectivity index (χ0) is 15.4. The third-order valence-electron chi connectivity index (χ3n) is 3.95. The smallest absolute Gasteiger partial charge is 0.253 e. The van der Waals surface area contributed by atoms with Gasteiger partial charge in [-0.1, -0.05) is 6.07 Å². The Morgan fingerprint density at radius 1 is 1.36 bits per heavy atom. The molecule has 6 heteroatoms. The third kappa shape index (κ3) is 4.45. The normalized spacial score (nSPS) is 14.7. The van der Waals surface area contributed by atoms with Crippen molar-refractivity contribution in [3.05, 3.63) is 35.4 Å². The van der Waals surface area contributed by atoms with E-state index < -0.39 is 0 Å². The number of nitrogens with two attached hydrogens (primary N) is 1. The molecule has 1 aromatic carbocycles. The SMILES string of the molecule is CCN(C)C(=O)c1cccc(C(=O)NC(CN)C2CC2)c1.Cl. The highest BCUT2D eigenvalue weighted by Gasteiger charge is 2.31. The maximum Gasteiger partial charge on any atom is 0.253 e. The predicted octanol–water partition coefficient (Wildman–Crippen LogP) is 1.67. The van der Waals surface area contributed by atoms with Crippen LogP contribution in [0.1, 0.15) is 40.5 Å². The zero-order valence-electron chi connectivity index (χ0n) is 13.0. The summed E-state index contributed by atoms with van der Waals surface area (Å²) in [6, 6.07) is 6.87. The predicted molar refractivity (Wildman–Crippen MR) is 89.4 cm³/mol. The first-order valence-electron chi connectivity index (χ1n) is 7.43. The summed E-state index contributed by atoms with van der Waals surface area (Å²) in [5.41, 5.74) is 6.73. The fourth-order valence-electron chi connectivity index (χ4n) is 2.28. The van der Waals surface area contributed by atoms with Crippen LogP contribution < -0.4 is 11.1 Å². The van der Waals surface area contributed by atoms with E-state index in [1.807, 2.05) is 6.92 Å². The summed E-state index contributed by atoms with van der Waals surface area (Å²) < 4.78 is 0. The van der Waals surface area contributed by atoms with Gasteiger partial charge in [0.2, 0.25) is 0 Å². The molecule has 0 spiro atoms. The van der Waals surface area contributed by atoms with Gasteiger partial charge >= 0.3 is 0 Å². The Kier molecular flexibility index (Phi) is 6.84. The second kappa shape index (κ2) is 8.15. The molecule has 0 radical (unpaired) electrons. The van der Waals surface area contributed by atoms with Crippen LogP contribution in [0.4, 0.5) is 0 Å². The van der Waals surface area contributed by atoms with Crippen LogP contribution in [0.25, 0.3) is 0 Å². The van der Waals surface area contributed by atoms with Crippen molar-refractivity contribution < 1.29 is 9.59 Å². The Morgan fingerprint density at radius 3 is 2.55 bits per heavy atom. The lowest BCUT2D eigenvalue weighted by Crippen LogP contribution is -2.41. The fourth-order valence-corrected chi connectivity index (χ4v) is 2.28. The molecule has 22 heavy (non-hydrogen) atoms. The second-order valence-electron chi connectivity index (χ2n) is 5.55. The Bertz CT molecular complexity index is 532. The summed E-state index contributed by atoms with van der Waals surface area (Å²) in [5.74, 6) is 0.269. The molecule has 5 nitrogen and oxygen atoms in total. The summed E-state index contributed by atoms with van der Waals surface area (Å²) >= 11 is 0. The largest absolute Gasteiger partial charge is 0.348 e. The first kappa shape index (κ1) is 18.5. The van der Waals surface area contributed by atoms with Crippen LogP contribution in [0.15, 0.2) is 24.3 Å². The van der Waals surface area contributed by atoms with Gasteiger partial charge in [-0.3, -0.25) is 9.59 Å². The van der Waals surface area contributed by atoms with Crippen LogP contribution in [-0.4, -0.2) is 42.9 Å². The number of carbonyl (C=O) groups excluding carboxylic acids is 2. The minimum atomic E-state index is -0.161. The molecule has 1 fully saturated rings. The van der Waals surface area contributed by atoms with Crippen LogP contribution in [-0.2, 0) is 0 Å². The second-order valence-corrected chi connectivity index (χ2v) is 5.55. The summed E-state index contributed by atoms with van der Waals surface area (Å²) in [7, 11) is 1.74. The van der Waals surface area contributed by atoms with E-state index in [9.17, 15) is 9.59 Å². The van der Waals surface area contributed by atoms with Crippen LogP contribution in [0.5, 0.6) is 0 Å². The number of hydrogen-bond donors (Lipinski definition) is 2. The summed E-state index contributed by atoms with van der Waals surface area (Å²) in [6.45, 7) is 3.00. The molecule has 0 aromatic heterocycles. The third-order valence-corrected chi connectivity index (χ3v) is 3.95. The van der Waals surface area contributed by atoms with Crippen molar-refractivity contribution in [3.8, 4) is 0 Å². The van der Waals surface area contributed by atoms with E-state index in [0.717, 1.165) is 12.8 Å². The molecule has 1 aromatic rings. The van der Waals surface area contributed by atoms with Crippen LogP contribution >= 0.6 is 12.4 Å². The number of amides is 2. The Balaban J connectivity index is 0.00000242. The Morgan fingerprint density at radius 2 is 2.00 bits per heavy atom. The van der Waals surface area contributed by atoms with Gasteiger partial charge in [0.15, 0.2) is 0 Å². The topological polar surface area (TPSA) is 75.4 Å². The minimum absolute atomic E-state index is 0. The van der Waals surface area contributed by atoms with Gasteiger partial charge in [0, 0.05) is 37.3 Å². The number of rotatable bonds is 6. The van der Waals surface area contributed by atoms with Gasteiger partial charge in [-0.2, -0.15) is 0 Å². The van der Waals surface area contributed by atoms with Gasteiger partial charge in [0.1, 0.15) is 0 Å². The average molecular weight is 326 g/mol. The Hall–Kier alpha value is -1.59. The number of benzene rings is 1. The molecular weight excluding hydrogens is 302 g/mol. The average Bonchev–Trinajstić information content (AvgIpc) is 3.35. The van der Waals surface area contributed by atoms with E-state index in [2.05, 4.69) is 5.32 Å². The summed E-state index contributed by atoms with van der Waals surface area (Å²) in [5, 5.41) is 2.97. The quantitative estimate of drug-likeness (QED) is 0.835. The molecular formula is C16H24ClN3O2. The van der Waals surface area contributed by atoms with Gasteiger partial charge in [-0.25, -0.2) is 0 Å². The molecule has 2 amide bonds. The number of hydrogen-bond acceptors (Lipinski definition) is 3. The highest BCUT2D eigenvalue weighted by molar-refractivity contribution is 5.99. The van der Waals surface area contributed by atoms with Crippen molar-refractivity contribution in [2.45, 2.75) is 25.8 Å². The van der Waals surface area contributed by atoms with Crippen molar-refractivity contribution in [3.63, 3.8) is 0 Å². The van der Waals surface area contributed by atoms with Crippen molar-refractivity contribution in [1.29, 1.82) is 0 Å². The molecule has 1 saturated carbocycles. The van der Waals surface area contributed by atoms with Crippen LogP contribution in [0.2, 0.25) is 0 Å². The standard InChI is InChI=1S/C16H23N3O2.ClH/c1-3-19(2)16(21)13-6-4-5-12(9-13)15(20)18-14(10-17)11-7-8-11;/h4-6,9,11,14H,3,7-8,10,17H2,1-2H3,(H,18,20);1H. The molecule has 1 atom stereocenters. The van der Waals surface area contributed by atoms with Gasteiger partial charge in [-0.15, -0.1) is 12.4 Å². The maximum absolute atomic E-state index is 12.3. The minimum Gasteiger partial charge on any atom is -0.348 e. The zero-order valence-corrected chi connectivity index (χ0v) is 13.9. The summed E-state index contributed by atoms with van der Waals surface area (Å²) in [6.07, 6.45) is 2.25. The highest BCUT2D eigenvalue weighted by Crippen LogP contribution is 2.32. The number of nitrogens with one attached hydrogen (secondary N) is 1. The number of halogens is 1. The van der Waals surface area contributed by atoms with E-state index in [1.165, 1.54) is 0 Å². The fraction of sp³-hybridized carbons (Fsp3) is 0.500. The van der Waals surface area contributed by atoms with Crippen molar-refractivity contribution >= 4 is 24.2 Å². The Labute approximate surface area is 137 Å².